The molecule has 0 aromatic rings. The van der Waals surface area contributed by atoms with Crippen molar-refractivity contribution in [3.8, 4) is 0 Å². The van der Waals surface area contributed by atoms with Gasteiger partial charge in [0, 0.05) is 0 Å². The molecule has 0 aromatic carbocycles. The zero-order valence-corrected chi connectivity index (χ0v) is 7.13. The monoisotopic (exact) mass is 192 g/mol. The van der Waals surface area contributed by atoms with Crippen molar-refractivity contribution in [2.24, 2.45) is 0 Å². The third kappa shape index (κ3) is 1.35. The van der Waals surface area contributed by atoms with Crippen molar-refractivity contribution in [2.45, 2.75) is 6.92 Å². The number of aliphatic hydroxyl groups excluding tert-OH is 1. The summed E-state index contributed by atoms with van der Waals surface area (Å²) in [6, 6.07) is 0. The van der Waals surface area contributed by atoms with E-state index in [2.05, 4.69) is 0 Å². The van der Waals surface area contributed by atoms with Crippen molar-refractivity contribution < 1.29 is 18.3 Å². The maximum atomic E-state index is 11.0. The lowest BCUT2D eigenvalue weighted by Gasteiger charge is -2.12. The van der Waals surface area contributed by atoms with Crippen LogP contribution in [0.1, 0.15) is 6.92 Å². The molecule has 1 rings (SSSR count). The second kappa shape index (κ2) is 2.67. The first-order valence-electron chi connectivity index (χ1n) is 3.11. The van der Waals surface area contributed by atoms with Gasteiger partial charge in [-0.3, -0.25) is 4.79 Å². The van der Waals surface area contributed by atoms with Crippen molar-refractivity contribution in [2.75, 3.05) is 6.54 Å². The summed E-state index contributed by atoms with van der Waals surface area (Å²) in [6.07, 6.45) is 0.637. The molecule has 1 heterocycles. The molecule has 0 unspecified atom stereocenters. The minimum atomic E-state index is -3.74. The Balaban J connectivity index is 3.02. The number of nitrogens with zero attached hydrogens (tertiary/aromatic N) is 1. The first kappa shape index (κ1) is 8.85. The molecule has 0 atom stereocenters. The maximum Gasteiger partial charge on any atom is 0.326 e. The van der Waals surface area contributed by atoms with Gasteiger partial charge < -0.3 is 5.11 Å². The van der Waals surface area contributed by atoms with Crippen LogP contribution in [0, 0.1) is 0 Å². The molecule has 0 saturated carbocycles. The summed E-state index contributed by atoms with van der Waals surface area (Å²) in [4.78, 5) is 10.6. The summed E-state index contributed by atoms with van der Waals surface area (Å²) in [5.41, 5.74) is 0.105. The fourth-order valence-corrected chi connectivity index (χ4v) is 2.00. The molecule has 2 N–H and O–H groups in total. The van der Waals surface area contributed by atoms with Crippen molar-refractivity contribution in [1.82, 2.24) is 9.03 Å². The normalized spacial score (nSPS) is 22.6. The van der Waals surface area contributed by atoms with Gasteiger partial charge in [0.25, 0.3) is 5.91 Å². The zero-order valence-electron chi connectivity index (χ0n) is 6.31. The summed E-state index contributed by atoms with van der Waals surface area (Å²) in [7, 11) is -3.74. The van der Waals surface area contributed by atoms with Crippen LogP contribution in [0.4, 0.5) is 0 Å². The quantitative estimate of drug-likeness (QED) is 0.526. The molecule has 0 aliphatic carbocycles. The molecule has 0 radical (unpaired) electrons. The van der Waals surface area contributed by atoms with E-state index in [0.29, 0.717) is 6.26 Å². The minimum Gasteiger partial charge on any atom is -0.514 e. The first-order chi connectivity index (χ1) is 5.47. The number of carbonyl (C=O) groups is 1. The summed E-state index contributed by atoms with van der Waals surface area (Å²) in [5, 5.41) is 8.51. The molecule has 6 nitrogen and oxygen atoms in total. The number of allylic oxidation sites excluding steroid dienone is 1. The van der Waals surface area contributed by atoms with Crippen LogP contribution in [-0.4, -0.2) is 30.3 Å². The van der Waals surface area contributed by atoms with Gasteiger partial charge in [0.2, 0.25) is 0 Å². The highest BCUT2D eigenvalue weighted by molar-refractivity contribution is 7.88. The van der Waals surface area contributed by atoms with E-state index in [1.807, 2.05) is 0 Å². The van der Waals surface area contributed by atoms with Crippen LogP contribution in [0.15, 0.2) is 12.0 Å². The molecular weight excluding hydrogens is 184 g/mol. The number of carbonyl (C=O) groups excluding carboxylic acids is 1. The number of amides is 1. The molecule has 0 bridgehead atoms. The van der Waals surface area contributed by atoms with E-state index in [1.54, 1.807) is 4.72 Å². The van der Waals surface area contributed by atoms with E-state index in [4.69, 9.17) is 5.11 Å². The van der Waals surface area contributed by atoms with Crippen molar-refractivity contribution in [3.05, 3.63) is 12.0 Å². The summed E-state index contributed by atoms with van der Waals surface area (Å²) < 4.78 is 24.6. The molecule has 1 aliphatic rings. The van der Waals surface area contributed by atoms with Crippen LogP contribution in [0.2, 0.25) is 0 Å². The lowest BCUT2D eigenvalue weighted by Crippen LogP contribution is -2.28. The van der Waals surface area contributed by atoms with Gasteiger partial charge in [-0.1, -0.05) is 0 Å². The number of hydrogen-bond donors (Lipinski definition) is 2. The summed E-state index contributed by atoms with van der Waals surface area (Å²) in [6.45, 7) is 1.11. The highest BCUT2D eigenvalue weighted by Crippen LogP contribution is 2.12. The molecule has 68 valence electrons. The Morgan fingerprint density at radius 1 is 1.75 bits per heavy atom. The molecule has 1 fully saturated rings. The Labute approximate surface area is 69.7 Å². The fourth-order valence-electron chi connectivity index (χ4n) is 0.825. The van der Waals surface area contributed by atoms with Crippen LogP contribution in [-0.2, 0) is 15.0 Å². The lowest BCUT2D eigenvalue weighted by atomic mass is 10.5. The van der Waals surface area contributed by atoms with Gasteiger partial charge in [0.1, 0.15) is 6.54 Å². The van der Waals surface area contributed by atoms with Gasteiger partial charge >= 0.3 is 10.2 Å². The van der Waals surface area contributed by atoms with Crippen molar-refractivity contribution in [1.29, 1.82) is 0 Å². The maximum absolute atomic E-state index is 11.0. The first-order valence-corrected chi connectivity index (χ1v) is 4.55. The third-order valence-electron chi connectivity index (χ3n) is 1.40. The number of rotatable bonds is 1. The SMILES string of the molecule is C/C(=C/O)N1CC(=O)NS1(=O)=O. The number of nitrogens with one attached hydrogen (secondary N) is 1. The van der Waals surface area contributed by atoms with Crippen molar-refractivity contribution >= 4 is 16.1 Å². The van der Waals surface area contributed by atoms with E-state index in [-0.39, 0.29) is 12.2 Å². The smallest absolute Gasteiger partial charge is 0.326 e. The lowest BCUT2D eigenvalue weighted by molar-refractivity contribution is -0.118. The van der Waals surface area contributed by atoms with Gasteiger partial charge in [-0.2, -0.15) is 8.42 Å². The Morgan fingerprint density at radius 3 is 2.67 bits per heavy atom. The van der Waals surface area contributed by atoms with Crippen LogP contribution in [0.3, 0.4) is 0 Å². The molecule has 1 amide bonds. The molecule has 1 aliphatic heterocycles. The molecule has 1 saturated heterocycles. The van der Waals surface area contributed by atoms with Gasteiger partial charge in [0.15, 0.2) is 0 Å². The standard InChI is InChI=1S/C5H8N2O4S/c1-4(3-8)7-2-5(9)6-12(7,10)11/h3,8H,2H2,1H3,(H,6,9)/b4-3-. The highest BCUT2D eigenvalue weighted by atomic mass is 32.2. The average molecular weight is 192 g/mol. The minimum absolute atomic E-state index is 0.105. The van der Waals surface area contributed by atoms with Crippen LogP contribution in [0.25, 0.3) is 0 Å². The Morgan fingerprint density at radius 2 is 2.33 bits per heavy atom. The molecule has 0 spiro atoms. The van der Waals surface area contributed by atoms with Gasteiger partial charge in [-0.05, 0) is 6.92 Å². The van der Waals surface area contributed by atoms with E-state index in [9.17, 15) is 13.2 Å². The number of aliphatic hydroxyl groups is 1. The number of hydrogen-bond acceptors (Lipinski definition) is 4. The van der Waals surface area contributed by atoms with Gasteiger partial charge in [-0.25, -0.2) is 9.03 Å². The Hall–Kier alpha value is -1.24. The topological polar surface area (TPSA) is 86.7 Å². The zero-order chi connectivity index (χ0) is 9.35. The molecular formula is C5H8N2O4S. The van der Waals surface area contributed by atoms with Crippen LogP contribution in [0.5, 0.6) is 0 Å². The van der Waals surface area contributed by atoms with Crippen molar-refractivity contribution in [3.63, 3.8) is 0 Å². The predicted molar refractivity (Wildman–Crippen MR) is 40.2 cm³/mol. The largest absolute Gasteiger partial charge is 0.514 e. The van der Waals surface area contributed by atoms with Gasteiger partial charge in [-0.15, -0.1) is 0 Å². The summed E-state index contributed by atoms with van der Waals surface area (Å²) in [5.74, 6) is -0.601. The van der Waals surface area contributed by atoms with Crippen LogP contribution < -0.4 is 4.72 Å². The Bertz CT molecular complexity index is 331. The fraction of sp³-hybridized carbons (Fsp3) is 0.400. The molecule has 12 heavy (non-hydrogen) atoms. The van der Waals surface area contributed by atoms with E-state index >= 15 is 0 Å². The van der Waals surface area contributed by atoms with Gasteiger partial charge in [0.05, 0.1) is 12.0 Å². The van der Waals surface area contributed by atoms with E-state index in [0.717, 1.165) is 4.31 Å². The Kier molecular flexibility index (Phi) is 1.97. The van der Waals surface area contributed by atoms with Crippen LogP contribution >= 0.6 is 0 Å². The second-order valence-corrected chi connectivity index (χ2v) is 3.90. The summed E-state index contributed by atoms with van der Waals surface area (Å²) >= 11 is 0. The predicted octanol–water partition coefficient (Wildman–Crippen LogP) is -0.918. The van der Waals surface area contributed by atoms with E-state index < -0.39 is 16.1 Å². The van der Waals surface area contributed by atoms with E-state index in [1.165, 1.54) is 6.92 Å². The third-order valence-corrected chi connectivity index (χ3v) is 2.88. The molecule has 0 aromatic heterocycles. The highest BCUT2D eigenvalue weighted by Gasteiger charge is 2.33. The second-order valence-electron chi connectivity index (χ2n) is 2.31. The average Bonchev–Trinajstić information content (AvgIpc) is 2.23. The molecule has 7 heteroatoms.